The lowest BCUT2D eigenvalue weighted by atomic mass is 10.1. The van der Waals surface area contributed by atoms with E-state index in [0.717, 1.165) is 37.3 Å². The van der Waals surface area contributed by atoms with Crippen molar-refractivity contribution in [3.8, 4) is 0 Å². The number of hydrogen-bond acceptors (Lipinski definition) is 10. The molecule has 1 aliphatic rings. The van der Waals surface area contributed by atoms with E-state index in [0.29, 0.717) is 30.3 Å². The number of rotatable bonds is 7. The minimum Gasteiger partial charge on any atom is -0.372 e. The molecule has 1 saturated heterocycles. The van der Waals surface area contributed by atoms with Crippen LogP contribution in [0.15, 0.2) is 46.7 Å². The SMILES string of the molecule is c1cncc(CO[C@H]2CCCN(c3nc4nonc4nc3NCc3cccs3)C2)c1. The van der Waals surface area contributed by atoms with Crippen molar-refractivity contribution in [2.45, 2.75) is 32.1 Å². The number of hydrogen-bond donors (Lipinski definition) is 1. The van der Waals surface area contributed by atoms with Crippen LogP contribution in [0.3, 0.4) is 0 Å². The van der Waals surface area contributed by atoms with Crippen LogP contribution in [0.4, 0.5) is 11.6 Å². The van der Waals surface area contributed by atoms with Gasteiger partial charge in [0.25, 0.3) is 0 Å². The predicted octanol–water partition coefficient (Wildman–Crippen LogP) is 3.27. The fourth-order valence-corrected chi connectivity index (χ4v) is 4.16. The molecule has 1 N–H and O–H groups in total. The van der Waals surface area contributed by atoms with E-state index < -0.39 is 0 Å². The molecule has 10 heteroatoms. The highest BCUT2D eigenvalue weighted by Gasteiger charge is 2.25. The molecule has 4 aromatic heterocycles. The molecule has 0 amide bonds. The van der Waals surface area contributed by atoms with Gasteiger partial charge in [0.2, 0.25) is 11.3 Å². The summed E-state index contributed by atoms with van der Waals surface area (Å²) in [5, 5.41) is 13.2. The maximum atomic E-state index is 6.16. The van der Waals surface area contributed by atoms with Crippen LogP contribution in [0.5, 0.6) is 0 Å². The van der Waals surface area contributed by atoms with Gasteiger partial charge in [0, 0.05) is 30.4 Å². The van der Waals surface area contributed by atoms with E-state index in [-0.39, 0.29) is 6.10 Å². The molecule has 0 unspecified atom stereocenters. The van der Waals surface area contributed by atoms with Gasteiger partial charge in [-0.1, -0.05) is 12.1 Å². The van der Waals surface area contributed by atoms with Crippen molar-refractivity contribution in [3.63, 3.8) is 0 Å². The van der Waals surface area contributed by atoms with Crippen LogP contribution in [0.25, 0.3) is 11.3 Å². The molecular formula is C20H21N7O2S. The molecule has 0 aromatic carbocycles. The minimum atomic E-state index is 0.108. The second kappa shape index (κ2) is 8.72. The van der Waals surface area contributed by atoms with Crippen molar-refractivity contribution >= 4 is 34.3 Å². The summed E-state index contributed by atoms with van der Waals surface area (Å²) in [6.45, 7) is 2.84. The van der Waals surface area contributed by atoms with Crippen molar-refractivity contribution in [2.24, 2.45) is 0 Å². The van der Waals surface area contributed by atoms with Crippen molar-refractivity contribution in [3.05, 3.63) is 52.5 Å². The summed E-state index contributed by atoms with van der Waals surface area (Å²) in [5.41, 5.74) is 1.88. The number of nitrogens with one attached hydrogen (secondary N) is 1. The molecule has 0 spiro atoms. The summed E-state index contributed by atoms with van der Waals surface area (Å²) >= 11 is 1.70. The molecule has 1 aliphatic heterocycles. The fraction of sp³-hybridized carbons (Fsp3) is 0.350. The molecule has 5 heterocycles. The van der Waals surface area contributed by atoms with Crippen LogP contribution in [-0.4, -0.2) is 44.5 Å². The molecule has 1 atom stereocenters. The minimum absolute atomic E-state index is 0.108. The Hall–Kier alpha value is -3.11. The van der Waals surface area contributed by atoms with E-state index in [4.69, 9.17) is 9.37 Å². The zero-order valence-corrected chi connectivity index (χ0v) is 17.1. The zero-order chi connectivity index (χ0) is 20.2. The van der Waals surface area contributed by atoms with Gasteiger partial charge >= 0.3 is 0 Å². The normalized spacial score (nSPS) is 16.8. The van der Waals surface area contributed by atoms with Crippen LogP contribution < -0.4 is 10.2 Å². The summed E-state index contributed by atoms with van der Waals surface area (Å²) in [5.74, 6) is 1.43. The third-order valence-electron chi connectivity index (χ3n) is 4.99. The molecule has 0 bridgehead atoms. The maximum Gasteiger partial charge on any atom is 0.245 e. The Balaban J connectivity index is 1.33. The standard InChI is InChI=1S/C20H21N7O2S/c1-4-14(10-21-7-1)13-28-15-5-2-8-27(12-15)20-19(22-11-16-6-3-9-30-16)23-17-18(24-20)26-29-25-17/h1,3-4,6-7,9-10,15H,2,5,8,11-13H2,(H,22,23,25)/t15-/m0/s1. The average Bonchev–Trinajstić information content (AvgIpc) is 3.48. The van der Waals surface area contributed by atoms with Gasteiger partial charge in [-0.05, 0) is 46.2 Å². The van der Waals surface area contributed by atoms with Crippen LogP contribution in [-0.2, 0) is 17.9 Å². The molecule has 0 aliphatic carbocycles. The smallest absolute Gasteiger partial charge is 0.245 e. The van der Waals surface area contributed by atoms with Crippen LogP contribution in [0.1, 0.15) is 23.3 Å². The van der Waals surface area contributed by atoms with Crippen LogP contribution in [0, 0.1) is 0 Å². The number of pyridine rings is 1. The Bertz CT molecular complexity index is 1090. The van der Waals surface area contributed by atoms with E-state index in [2.05, 4.69) is 46.9 Å². The van der Waals surface area contributed by atoms with E-state index in [1.54, 1.807) is 17.5 Å². The number of ether oxygens (including phenoxy) is 1. The largest absolute Gasteiger partial charge is 0.372 e. The number of anilines is 2. The molecule has 5 rings (SSSR count). The predicted molar refractivity (Wildman–Crippen MR) is 113 cm³/mol. The van der Waals surface area contributed by atoms with E-state index in [9.17, 15) is 0 Å². The Labute approximate surface area is 177 Å². The zero-order valence-electron chi connectivity index (χ0n) is 16.3. The first-order valence-corrected chi connectivity index (χ1v) is 10.7. The Morgan fingerprint density at radius 1 is 1.20 bits per heavy atom. The highest BCUT2D eigenvalue weighted by molar-refractivity contribution is 7.09. The monoisotopic (exact) mass is 423 g/mol. The summed E-state index contributed by atoms with van der Waals surface area (Å²) in [4.78, 5) is 16.9. The summed E-state index contributed by atoms with van der Waals surface area (Å²) < 4.78 is 11.0. The highest BCUT2D eigenvalue weighted by Crippen LogP contribution is 2.28. The second-order valence-electron chi connectivity index (χ2n) is 7.12. The van der Waals surface area contributed by atoms with Gasteiger partial charge < -0.3 is 15.0 Å². The van der Waals surface area contributed by atoms with Gasteiger partial charge in [-0.25, -0.2) is 14.6 Å². The van der Waals surface area contributed by atoms with Crippen LogP contribution >= 0.6 is 11.3 Å². The Kier molecular flexibility index (Phi) is 5.49. The number of piperidine rings is 1. The Morgan fingerprint density at radius 2 is 2.13 bits per heavy atom. The fourth-order valence-electron chi connectivity index (χ4n) is 3.52. The summed E-state index contributed by atoms with van der Waals surface area (Å²) in [6, 6.07) is 8.07. The molecular weight excluding hydrogens is 402 g/mol. The third-order valence-corrected chi connectivity index (χ3v) is 5.87. The molecule has 9 nitrogen and oxygen atoms in total. The lowest BCUT2D eigenvalue weighted by molar-refractivity contribution is 0.0313. The first-order chi connectivity index (χ1) is 14.8. The van der Waals surface area contributed by atoms with E-state index in [1.165, 1.54) is 4.88 Å². The lowest BCUT2D eigenvalue weighted by Gasteiger charge is -2.34. The van der Waals surface area contributed by atoms with Gasteiger partial charge in [0.05, 0.1) is 19.3 Å². The first-order valence-electron chi connectivity index (χ1n) is 9.87. The Morgan fingerprint density at radius 3 is 2.97 bits per heavy atom. The topological polar surface area (TPSA) is 102 Å². The average molecular weight is 424 g/mol. The van der Waals surface area contributed by atoms with Gasteiger partial charge in [-0.15, -0.1) is 11.3 Å². The van der Waals surface area contributed by atoms with Gasteiger partial charge in [0.15, 0.2) is 11.6 Å². The van der Waals surface area contributed by atoms with Crippen molar-refractivity contribution in [1.82, 2.24) is 25.3 Å². The number of aromatic nitrogens is 5. The van der Waals surface area contributed by atoms with Crippen LogP contribution in [0.2, 0.25) is 0 Å². The number of thiophene rings is 1. The van der Waals surface area contributed by atoms with Crippen molar-refractivity contribution in [1.29, 1.82) is 0 Å². The molecule has 1 fully saturated rings. The molecule has 0 radical (unpaired) electrons. The summed E-state index contributed by atoms with van der Waals surface area (Å²) in [6.07, 6.45) is 5.74. The van der Waals surface area contributed by atoms with Gasteiger partial charge in [-0.3, -0.25) is 4.98 Å². The van der Waals surface area contributed by atoms with Gasteiger partial charge in [-0.2, -0.15) is 0 Å². The molecule has 30 heavy (non-hydrogen) atoms. The summed E-state index contributed by atoms with van der Waals surface area (Å²) in [7, 11) is 0. The third kappa shape index (κ3) is 4.24. The maximum absolute atomic E-state index is 6.16. The van der Waals surface area contributed by atoms with E-state index >= 15 is 0 Å². The van der Waals surface area contributed by atoms with Crippen molar-refractivity contribution < 1.29 is 9.37 Å². The molecule has 154 valence electrons. The van der Waals surface area contributed by atoms with E-state index in [1.807, 2.05) is 24.4 Å². The first kappa shape index (κ1) is 18.9. The number of nitrogens with zero attached hydrogens (tertiary/aromatic N) is 6. The van der Waals surface area contributed by atoms with Crippen molar-refractivity contribution in [2.75, 3.05) is 23.3 Å². The van der Waals surface area contributed by atoms with Gasteiger partial charge in [0.1, 0.15) is 0 Å². The molecule has 4 aromatic rings. The highest BCUT2D eigenvalue weighted by atomic mass is 32.1. The quantitative estimate of drug-likeness (QED) is 0.480. The number of fused-ring (bicyclic) bond motifs is 1. The second-order valence-corrected chi connectivity index (χ2v) is 8.15. The lowest BCUT2D eigenvalue weighted by Crippen LogP contribution is -2.40. The molecule has 0 saturated carbocycles.